The minimum Gasteiger partial charge on any atom is -0.307 e. The van der Waals surface area contributed by atoms with Crippen molar-refractivity contribution in [2.75, 3.05) is 24.2 Å². The molecule has 1 saturated heterocycles. The molecule has 182 valence electrons. The summed E-state index contributed by atoms with van der Waals surface area (Å²) in [6, 6.07) is 12.1. The number of rotatable bonds is 7. The molecular weight excluding hydrogens is 446 g/mol. The fourth-order valence-corrected chi connectivity index (χ4v) is 6.97. The SMILES string of the molecule is O=C(Nc1c2c(cc3c1CCC3)CCC2)NS(=O)(=O)CCC1CCN(Cc2ccccc2)CC1. The highest BCUT2D eigenvalue weighted by Crippen LogP contribution is 2.38. The first-order chi connectivity index (χ1) is 16.5. The van der Waals surface area contributed by atoms with Crippen molar-refractivity contribution in [3.05, 3.63) is 64.2 Å². The van der Waals surface area contributed by atoms with Crippen molar-refractivity contribution < 1.29 is 13.2 Å². The number of sulfonamides is 1. The highest BCUT2D eigenvalue weighted by molar-refractivity contribution is 7.90. The standard InChI is InChI=1S/C27H35N3O3S/c31-27(28-26-24-10-4-8-22(24)18-23-9-5-11-25(23)26)29-34(32,33)17-14-20-12-15-30(16-13-20)19-21-6-2-1-3-7-21/h1-3,6-7,18,20H,4-5,8-17,19H2,(H2,28,29,31). The number of carbonyl (C=O) groups is 1. The maximum atomic E-state index is 12.7. The summed E-state index contributed by atoms with van der Waals surface area (Å²) < 4.78 is 27.6. The Morgan fingerprint density at radius 3 is 2.24 bits per heavy atom. The molecule has 1 aliphatic heterocycles. The van der Waals surface area contributed by atoms with Gasteiger partial charge in [0.2, 0.25) is 10.0 Å². The topological polar surface area (TPSA) is 78.5 Å². The van der Waals surface area contributed by atoms with Crippen molar-refractivity contribution in [1.82, 2.24) is 9.62 Å². The van der Waals surface area contributed by atoms with E-state index >= 15 is 0 Å². The number of anilines is 1. The molecule has 2 aromatic carbocycles. The Balaban J connectivity index is 1.11. The van der Waals surface area contributed by atoms with Crippen LogP contribution in [0.2, 0.25) is 0 Å². The first-order valence-electron chi connectivity index (χ1n) is 12.7. The molecule has 0 bridgehead atoms. The van der Waals surface area contributed by atoms with Gasteiger partial charge in [0.1, 0.15) is 0 Å². The Bertz CT molecular complexity index is 1110. The molecule has 2 aromatic rings. The number of urea groups is 1. The van der Waals surface area contributed by atoms with Gasteiger partial charge >= 0.3 is 6.03 Å². The van der Waals surface area contributed by atoms with Gasteiger partial charge in [-0.25, -0.2) is 17.9 Å². The quantitative estimate of drug-likeness (QED) is 0.614. The maximum absolute atomic E-state index is 12.7. The lowest BCUT2D eigenvalue weighted by Gasteiger charge is -2.32. The predicted molar refractivity (Wildman–Crippen MR) is 135 cm³/mol. The summed E-state index contributed by atoms with van der Waals surface area (Å²) in [7, 11) is -3.67. The molecule has 3 aliphatic rings. The zero-order valence-corrected chi connectivity index (χ0v) is 20.6. The van der Waals surface area contributed by atoms with Gasteiger partial charge in [0.25, 0.3) is 0 Å². The number of hydrogen-bond donors (Lipinski definition) is 2. The lowest BCUT2D eigenvalue weighted by molar-refractivity contribution is 0.175. The second kappa shape index (κ2) is 10.1. The minimum atomic E-state index is -3.67. The zero-order chi connectivity index (χ0) is 23.5. The van der Waals surface area contributed by atoms with Gasteiger partial charge < -0.3 is 5.32 Å². The molecular formula is C27H35N3O3S. The van der Waals surface area contributed by atoms with Crippen molar-refractivity contribution in [2.45, 2.75) is 64.3 Å². The molecule has 7 heteroatoms. The average molecular weight is 482 g/mol. The van der Waals surface area contributed by atoms with Gasteiger partial charge in [-0.2, -0.15) is 0 Å². The third-order valence-electron chi connectivity index (χ3n) is 7.71. The van der Waals surface area contributed by atoms with Gasteiger partial charge in [-0.15, -0.1) is 0 Å². The molecule has 0 aromatic heterocycles. The Morgan fingerprint density at radius 2 is 1.59 bits per heavy atom. The predicted octanol–water partition coefficient (Wildman–Crippen LogP) is 4.42. The molecule has 1 heterocycles. The molecule has 0 unspecified atom stereocenters. The van der Waals surface area contributed by atoms with Crippen LogP contribution in [0.5, 0.6) is 0 Å². The van der Waals surface area contributed by atoms with E-state index in [0.29, 0.717) is 12.3 Å². The van der Waals surface area contributed by atoms with E-state index in [9.17, 15) is 13.2 Å². The second-order valence-electron chi connectivity index (χ2n) is 10.1. The molecule has 2 aliphatic carbocycles. The number of nitrogens with zero attached hydrogens (tertiary/aromatic N) is 1. The van der Waals surface area contributed by atoms with E-state index in [0.717, 1.165) is 76.7 Å². The number of aryl methyl sites for hydroxylation is 2. The lowest BCUT2D eigenvalue weighted by Crippen LogP contribution is -2.38. The molecule has 2 N–H and O–H groups in total. The summed E-state index contributed by atoms with van der Waals surface area (Å²) in [5.74, 6) is 0.377. The molecule has 6 nitrogen and oxygen atoms in total. The minimum absolute atomic E-state index is 0.00518. The number of likely N-dealkylation sites (tertiary alicyclic amines) is 1. The first kappa shape index (κ1) is 23.4. The monoisotopic (exact) mass is 481 g/mol. The largest absolute Gasteiger partial charge is 0.332 e. The fourth-order valence-electron chi connectivity index (χ4n) is 5.90. The Kier molecular flexibility index (Phi) is 6.93. The van der Waals surface area contributed by atoms with Crippen molar-refractivity contribution in [3.63, 3.8) is 0 Å². The zero-order valence-electron chi connectivity index (χ0n) is 19.8. The van der Waals surface area contributed by atoms with Crippen LogP contribution >= 0.6 is 0 Å². The summed E-state index contributed by atoms with van der Waals surface area (Å²) in [6.45, 7) is 2.91. The van der Waals surface area contributed by atoms with Crippen LogP contribution in [0, 0.1) is 5.92 Å². The smallest absolute Gasteiger partial charge is 0.307 e. The molecule has 0 saturated carbocycles. The second-order valence-corrected chi connectivity index (χ2v) is 11.9. The van der Waals surface area contributed by atoms with E-state index in [1.54, 1.807) is 0 Å². The van der Waals surface area contributed by atoms with Crippen LogP contribution < -0.4 is 10.0 Å². The van der Waals surface area contributed by atoms with E-state index in [2.05, 4.69) is 45.3 Å². The number of benzene rings is 2. The van der Waals surface area contributed by atoms with Gasteiger partial charge in [0.15, 0.2) is 0 Å². The van der Waals surface area contributed by atoms with Crippen molar-refractivity contribution in [1.29, 1.82) is 0 Å². The molecule has 34 heavy (non-hydrogen) atoms. The fraction of sp³-hybridized carbons (Fsp3) is 0.519. The number of amides is 2. The molecule has 0 spiro atoms. The van der Waals surface area contributed by atoms with Crippen molar-refractivity contribution in [2.24, 2.45) is 5.92 Å². The maximum Gasteiger partial charge on any atom is 0.332 e. The van der Waals surface area contributed by atoms with Crippen LogP contribution in [0.3, 0.4) is 0 Å². The highest BCUT2D eigenvalue weighted by Gasteiger charge is 2.27. The van der Waals surface area contributed by atoms with Gasteiger partial charge in [-0.05, 0) is 105 Å². The molecule has 5 rings (SSSR count). The van der Waals surface area contributed by atoms with E-state index in [1.807, 2.05) is 6.07 Å². The molecule has 0 radical (unpaired) electrons. The number of carbonyl (C=O) groups excluding carboxylic acids is 1. The first-order valence-corrected chi connectivity index (χ1v) is 14.4. The highest BCUT2D eigenvalue weighted by atomic mass is 32.2. The summed E-state index contributed by atoms with van der Waals surface area (Å²) in [6.07, 6.45) is 8.77. The third kappa shape index (κ3) is 5.47. The van der Waals surface area contributed by atoms with E-state index in [1.165, 1.54) is 27.8 Å². The van der Waals surface area contributed by atoms with Gasteiger partial charge in [-0.1, -0.05) is 36.4 Å². The summed E-state index contributed by atoms with van der Waals surface area (Å²) in [4.78, 5) is 15.1. The van der Waals surface area contributed by atoms with Crippen molar-refractivity contribution in [3.8, 4) is 0 Å². The Hall–Kier alpha value is -2.38. The van der Waals surface area contributed by atoms with Gasteiger partial charge in [0.05, 0.1) is 5.75 Å². The van der Waals surface area contributed by atoms with Crippen LogP contribution in [0.15, 0.2) is 36.4 Å². The normalized spacial score (nSPS) is 18.5. The number of fused-ring (bicyclic) bond motifs is 2. The molecule has 2 amide bonds. The van der Waals surface area contributed by atoms with Crippen LogP contribution in [0.1, 0.15) is 59.9 Å². The number of piperidine rings is 1. The van der Waals surface area contributed by atoms with E-state index < -0.39 is 16.1 Å². The summed E-state index contributed by atoms with van der Waals surface area (Å²) in [5.41, 5.74) is 7.23. The average Bonchev–Trinajstić information content (AvgIpc) is 3.48. The number of nitrogens with one attached hydrogen (secondary N) is 2. The number of hydrogen-bond acceptors (Lipinski definition) is 4. The van der Waals surface area contributed by atoms with E-state index in [4.69, 9.17) is 0 Å². The molecule has 1 fully saturated rings. The van der Waals surface area contributed by atoms with E-state index in [-0.39, 0.29) is 5.75 Å². The van der Waals surface area contributed by atoms with Gasteiger partial charge in [0, 0.05) is 12.2 Å². The van der Waals surface area contributed by atoms with Crippen LogP contribution in [-0.2, 0) is 42.3 Å². The van der Waals surface area contributed by atoms with Crippen LogP contribution in [0.4, 0.5) is 10.5 Å². The van der Waals surface area contributed by atoms with Crippen molar-refractivity contribution >= 4 is 21.7 Å². The van der Waals surface area contributed by atoms with Crippen LogP contribution in [0.25, 0.3) is 0 Å². The third-order valence-corrected chi connectivity index (χ3v) is 8.98. The Morgan fingerprint density at radius 1 is 0.941 bits per heavy atom. The summed E-state index contributed by atoms with van der Waals surface area (Å²) in [5, 5.41) is 2.93. The summed E-state index contributed by atoms with van der Waals surface area (Å²) >= 11 is 0. The van der Waals surface area contributed by atoms with Crippen LogP contribution in [-0.4, -0.2) is 38.2 Å². The lowest BCUT2D eigenvalue weighted by atomic mass is 9.94. The molecule has 0 atom stereocenters. The van der Waals surface area contributed by atoms with Gasteiger partial charge in [-0.3, -0.25) is 4.90 Å². The Labute approximate surface area is 203 Å².